The van der Waals surface area contributed by atoms with Crippen molar-refractivity contribution in [3.63, 3.8) is 0 Å². The van der Waals surface area contributed by atoms with Crippen molar-refractivity contribution in [3.8, 4) is 0 Å². The number of hydrogen-bond acceptors (Lipinski definition) is 3. The standard InChI is InChI=1S/C19H23Cl2N3O3/c20-17(21)19(27)23-8-6-15(7-9-23)22-18(26)14-10-16(25)24(12-14)11-13-4-2-1-3-5-13/h1-5,14-15,17H,6-12H2,(H,22,26). The molecular formula is C19H23Cl2N3O3. The third kappa shape index (κ3) is 5.14. The van der Waals surface area contributed by atoms with Crippen molar-refractivity contribution in [2.45, 2.75) is 36.7 Å². The van der Waals surface area contributed by atoms with E-state index in [-0.39, 0.29) is 36.1 Å². The van der Waals surface area contributed by atoms with Crippen molar-refractivity contribution in [1.82, 2.24) is 15.1 Å². The average molecular weight is 412 g/mol. The predicted molar refractivity (Wildman–Crippen MR) is 103 cm³/mol. The molecule has 3 amide bonds. The summed E-state index contributed by atoms with van der Waals surface area (Å²) in [4.78, 5) is 38.9. The number of nitrogens with zero attached hydrogens (tertiary/aromatic N) is 2. The largest absolute Gasteiger partial charge is 0.353 e. The Morgan fingerprint density at radius 1 is 1.15 bits per heavy atom. The molecule has 2 saturated heterocycles. The van der Waals surface area contributed by atoms with E-state index in [2.05, 4.69) is 5.32 Å². The van der Waals surface area contributed by atoms with Gasteiger partial charge < -0.3 is 15.1 Å². The quantitative estimate of drug-likeness (QED) is 0.752. The number of piperidine rings is 1. The van der Waals surface area contributed by atoms with Gasteiger partial charge in [0.1, 0.15) is 0 Å². The second kappa shape index (κ2) is 8.93. The van der Waals surface area contributed by atoms with E-state index in [1.54, 1.807) is 9.80 Å². The Morgan fingerprint density at radius 3 is 2.44 bits per heavy atom. The van der Waals surface area contributed by atoms with Crippen LogP contribution in [0.25, 0.3) is 0 Å². The van der Waals surface area contributed by atoms with E-state index in [0.717, 1.165) is 5.56 Å². The first-order chi connectivity index (χ1) is 12.9. The molecule has 6 nitrogen and oxygen atoms in total. The normalized spacial score (nSPS) is 21.0. The van der Waals surface area contributed by atoms with Crippen LogP contribution >= 0.6 is 23.2 Å². The van der Waals surface area contributed by atoms with Crippen LogP contribution in [0.3, 0.4) is 0 Å². The highest BCUT2D eigenvalue weighted by atomic mass is 35.5. The van der Waals surface area contributed by atoms with Crippen LogP contribution in [-0.2, 0) is 20.9 Å². The molecule has 1 unspecified atom stereocenters. The third-order valence-electron chi connectivity index (χ3n) is 5.14. The van der Waals surface area contributed by atoms with E-state index in [9.17, 15) is 14.4 Å². The Hall–Kier alpha value is -1.79. The fourth-order valence-corrected chi connectivity index (χ4v) is 3.88. The van der Waals surface area contributed by atoms with Gasteiger partial charge in [-0.15, -0.1) is 0 Å². The summed E-state index contributed by atoms with van der Waals surface area (Å²) in [5.74, 6) is -0.692. The van der Waals surface area contributed by atoms with Gasteiger partial charge in [0.05, 0.1) is 5.92 Å². The summed E-state index contributed by atoms with van der Waals surface area (Å²) in [6.07, 6.45) is 1.56. The lowest BCUT2D eigenvalue weighted by atomic mass is 10.0. The van der Waals surface area contributed by atoms with E-state index in [4.69, 9.17) is 23.2 Å². The fourth-order valence-electron chi connectivity index (χ4n) is 3.61. The van der Waals surface area contributed by atoms with E-state index < -0.39 is 4.84 Å². The summed E-state index contributed by atoms with van der Waals surface area (Å²) in [6, 6.07) is 9.76. The Bertz CT molecular complexity index is 691. The molecule has 0 saturated carbocycles. The Labute approximate surface area is 168 Å². The molecule has 1 aromatic rings. The van der Waals surface area contributed by atoms with Crippen LogP contribution in [0.15, 0.2) is 30.3 Å². The molecule has 2 aliphatic rings. The summed E-state index contributed by atoms with van der Waals surface area (Å²) in [5, 5.41) is 3.03. The molecule has 8 heteroatoms. The van der Waals surface area contributed by atoms with Gasteiger partial charge in [-0.1, -0.05) is 53.5 Å². The molecular weight excluding hydrogens is 389 g/mol. The molecule has 1 N–H and O–H groups in total. The SMILES string of the molecule is O=C(NC1CCN(C(=O)C(Cl)Cl)CC1)C1CC(=O)N(Cc2ccccc2)C1. The van der Waals surface area contributed by atoms with E-state index in [0.29, 0.717) is 39.0 Å². The van der Waals surface area contributed by atoms with E-state index in [1.165, 1.54) is 0 Å². The van der Waals surface area contributed by atoms with E-state index >= 15 is 0 Å². The van der Waals surface area contributed by atoms with Crippen LogP contribution < -0.4 is 5.32 Å². The second-order valence-electron chi connectivity index (χ2n) is 7.07. The maximum atomic E-state index is 12.6. The zero-order valence-electron chi connectivity index (χ0n) is 14.9. The van der Waals surface area contributed by atoms with Crippen molar-refractivity contribution in [3.05, 3.63) is 35.9 Å². The van der Waals surface area contributed by atoms with Crippen molar-refractivity contribution < 1.29 is 14.4 Å². The first-order valence-corrected chi connectivity index (χ1v) is 10.0. The average Bonchev–Trinajstić information content (AvgIpc) is 3.03. The number of carbonyl (C=O) groups is 3. The molecule has 3 rings (SSSR count). The van der Waals surface area contributed by atoms with Crippen LogP contribution in [-0.4, -0.2) is 58.0 Å². The predicted octanol–water partition coefficient (Wildman–Crippen LogP) is 1.95. The van der Waals surface area contributed by atoms with Gasteiger partial charge in [-0.25, -0.2) is 0 Å². The molecule has 2 aliphatic heterocycles. The molecule has 0 aromatic heterocycles. The number of halogens is 2. The van der Waals surface area contributed by atoms with Gasteiger partial charge in [0.15, 0.2) is 4.84 Å². The van der Waals surface area contributed by atoms with Gasteiger partial charge >= 0.3 is 0 Å². The summed E-state index contributed by atoms with van der Waals surface area (Å²) < 4.78 is 0. The van der Waals surface area contributed by atoms with Crippen LogP contribution in [0, 0.1) is 5.92 Å². The van der Waals surface area contributed by atoms with Gasteiger partial charge in [-0.2, -0.15) is 0 Å². The summed E-state index contributed by atoms with van der Waals surface area (Å²) in [6.45, 7) is 2.01. The molecule has 0 aliphatic carbocycles. The minimum Gasteiger partial charge on any atom is -0.353 e. The fraction of sp³-hybridized carbons (Fsp3) is 0.526. The third-order valence-corrected chi connectivity index (χ3v) is 5.51. The highest BCUT2D eigenvalue weighted by Gasteiger charge is 2.35. The topological polar surface area (TPSA) is 69.7 Å². The molecule has 2 fully saturated rings. The molecule has 1 atom stereocenters. The first kappa shape index (κ1) is 20.0. The zero-order chi connectivity index (χ0) is 19.4. The Kier molecular flexibility index (Phi) is 6.60. The van der Waals surface area contributed by atoms with Crippen LogP contribution in [0.1, 0.15) is 24.8 Å². The molecule has 146 valence electrons. The van der Waals surface area contributed by atoms with Gasteiger partial charge in [0, 0.05) is 38.6 Å². The number of hydrogen-bond donors (Lipinski definition) is 1. The molecule has 1 aromatic carbocycles. The van der Waals surface area contributed by atoms with Gasteiger partial charge in [0.25, 0.3) is 5.91 Å². The van der Waals surface area contributed by atoms with Crippen molar-refractivity contribution in [1.29, 1.82) is 0 Å². The smallest absolute Gasteiger partial charge is 0.255 e. The van der Waals surface area contributed by atoms with Crippen molar-refractivity contribution >= 4 is 40.9 Å². The highest BCUT2D eigenvalue weighted by molar-refractivity contribution is 6.53. The number of nitrogens with one attached hydrogen (secondary N) is 1. The van der Waals surface area contributed by atoms with Crippen molar-refractivity contribution in [2.24, 2.45) is 5.92 Å². The highest BCUT2D eigenvalue weighted by Crippen LogP contribution is 2.22. The zero-order valence-corrected chi connectivity index (χ0v) is 16.5. The first-order valence-electron chi connectivity index (χ1n) is 9.13. The van der Waals surface area contributed by atoms with Gasteiger partial charge in [-0.05, 0) is 18.4 Å². The molecule has 27 heavy (non-hydrogen) atoms. The summed E-state index contributed by atoms with van der Waals surface area (Å²) in [7, 11) is 0. The molecule has 0 radical (unpaired) electrons. The summed E-state index contributed by atoms with van der Waals surface area (Å²) in [5.41, 5.74) is 1.06. The minimum absolute atomic E-state index is 0.00364. The lowest BCUT2D eigenvalue weighted by Gasteiger charge is -2.33. The Balaban J connectivity index is 1.47. The number of benzene rings is 1. The maximum absolute atomic E-state index is 12.6. The Morgan fingerprint density at radius 2 is 1.81 bits per heavy atom. The number of amides is 3. The van der Waals surface area contributed by atoms with E-state index in [1.807, 2.05) is 30.3 Å². The van der Waals surface area contributed by atoms with Crippen LogP contribution in [0.5, 0.6) is 0 Å². The summed E-state index contributed by atoms with van der Waals surface area (Å²) >= 11 is 11.2. The maximum Gasteiger partial charge on any atom is 0.255 e. The number of alkyl halides is 2. The minimum atomic E-state index is -1.05. The molecule has 0 bridgehead atoms. The lowest BCUT2D eigenvalue weighted by Crippen LogP contribution is -2.49. The number of carbonyl (C=O) groups excluding carboxylic acids is 3. The lowest BCUT2D eigenvalue weighted by molar-refractivity contribution is -0.131. The molecule has 2 heterocycles. The second-order valence-corrected chi connectivity index (χ2v) is 8.17. The van der Waals surface area contributed by atoms with Gasteiger partial charge in [-0.3, -0.25) is 14.4 Å². The molecule has 0 spiro atoms. The van der Waals surface area contributed by atoms with Crippen LogP contribution in [0.4, 0.5) is 0 Å². The number of rotatable bonds is 5. The monoisotopic (exact) mass is 411 g/mol. The van der Waals surface area contributed by atoms with Crippen LogP contribution in [0.2, 0.25) is 0 Å². The van der Waals surface area contributed by atoms with Crippen molar-refractivity contribution in [2.75, 3.05) is 19.6 Å². The van der Waals surface area contributed by atoms with Gasteiger partial charge in [0.2, 0.25) is 11.8 Å². The number of likely N-dealkylation sites (tertiary alicyclic amines) is 2.